The van der Waals surface area contributed by atoms with E-state index in [4.69, 9.17) is 18.9 Å². The van der Waals surface area contributed by atoms with E-state index in [2.05, 4.69) is 78.8 Å². The highest BCUT2D eigenvalue weighted by molar-refractivity contribution is 8.18. The number of nitrogens with zero attached hydrogens (tertiary/aromatic N) is 1. The summed E-state index contributed by atoms with van der Waals surface area (Å²) < 4.78 is 22.3. The number of rotatable bonds is 12. The Kier molecular flexibility index (Phi) is 9.52. The Bertz CT molecular complexity index is 1040. The molecule has 7 heteroatoms. The minimum absolute atomic E-state index is 0.0512. The Morgan fingerprint density at radius 2 is 1.32 bits per heavy atom. The second-order valence-electron chi connectivity index (χ2n) is 10.6. The molecule has 1 atom stereocenters. The molecule has 1 saturated carbocycles. The van der Waals surface area contributed by atoms with Gasteiger partial charge in [0.05, 0.1) is 32.5 Å². The van der Waals surface area contributed by atoms with E-state index in [0.717, 1.165) is 42.5 Å². The zero-order valence-electron chi connectivity index (χ0n) is 23.3. The number of likely N-dealkylation sites (N-methyl/N-ethyl adjacent to an activating group) is 1. The van der Waals surface area contributed by atoms with Crippen molar-refractivity contribution in [3.8, 4) is 23.0 Å². The topological polar surface area (TPSA) is 40.2 Å². The largest absolute Gasteiger partial charge is 0.493 e. The summed E-state index contributed by atoms with van der Waals surface area (Å²) in [5.41, 5.74) is 2.91. The molecule has 1 aliphatic carbocycles. The monoisotopic (exact) mass is 545 g/mol. The van der Waals surface area contributed by atoms with Crippen molar-refractivity contribution in [3.63, 3.8) is 0 Å². The summed E-state index contributed by atoms with van der Waals surface area (Å²) in [6, 6.07) is 13.0. The van der Waals surface area contributed by atoms with Crippen molar-refractivity contribution >= 4 is 23.5 Å². The predicted molar refractivity (Wildman–Crippen MR) is 157 cm³/mol. The number of methoxy groups -OCH3 is 4. The number of ether oxygens (including phenoxy) is 4. The minimum atomic E-state index is 0.0512. The van der Waals surface area contributed by atoms with Crippen LogP contribution in [0.5, 0.6) is 23.0 Å². The Labute approximate surface area is 232 Å². The summed E-state index contributed by atoms with van der Waals surface area (Å²) in [6.07, 6.45) is 6.14. The maximum Gasteiger partial charge on any atom is 0.161 e. The first-order chi connectivity index (χ1) is 17.9. The fourth-order valence-electron chi connectivity index (χ4n) is 5.99. The van der Waals surface area contributed by atoms with Crippen molar-refractivity contribution in [2.24, 2.45) is 5.92 Å². The minimum Gasteiger partial charge on any atom is -0.493 e. The summed E-state index contributed by atoms with van der Waals surface area (Å²) in [6.45, 7) is 4.56. The van der Waals surface area contributed by atoms with Gasteiger partial charge in [0.15, 0.2) is 23.0 Å². The smallest absolute Gasteiger partial charge is 0.161 e. The summed E-state index contributed by atoms with van der Waals surface area (Å²) in [7, 11) is 9.14. The van der Waals surface area contributed by atoms with Gasteiger partial charge in [-0.3, -0.25) is 0 Å². The SMILES string of the molecule is COc1ccc(C2(CN(C)CC(C)CC3(c4ccc(OC)c(OC)c4)SCCCS3)CCC2)cc1OC. The molecule has 0 spiro atoms. The normalized spacial score (nSPS) is 19.1. The van der Waals surface area contributed by atoms with Crippen molar-refractivity contribution in [1.29, 1.82) is 0 Å². The van der Waals surface area contributed by atoms with Crippen LogP contribution in [0.3, 0.4) is 0 Å². The second-order valence-corrected chi connectivity index (χ2v) is 13.6. The van der Waals surface area contributed by atoms with Crippen LogP contribution >= 0.6 is 23.5 Å². The molecule has 2 fully saturated rings. The Balaban J connectivity index is 1.47. The lowest BCUT2D eigenvalue weighted by Gasteiger charge is -2.46. The van der Waals surface area contributed by atoms with Gasteiger partial charge >= 0.3 is 0 Å². The molecule has 37 heavy (non-hydrogen) atoms. The fraction of sp³-hybridized carbons (Fsp3) is 0.600. The van der Waals surface area contributed by atoms with Gasteiger partial charge in [0, 0.05) is 18.5 Å². The fourth-order valence-corrected chi connectivity index (χ4v) is 9.64. The van der Waals surface area contributed by atoms with Crippen LogP contribution in [0, 0.1) is 5.92 Å². The van der Waals surface area contributed by atoms with Crippen molar-refractivity contribution in [1.82, 2.24) is 4.90 Å². The molecule has 0 radical (unpaired) electrons. The van der Waals surface area contributed by atoms with Gasteiger partial charge in [-0.25, -0.2) is 0 Å². The van der Waals surface area contributed by atoms with Crippen LogP contribution in [0.2, 0.25) is 0 Å². The number of hydrogen-bond acceptors (Lipinski definition) is 7. The van der Waals surface area contributed by atoms with E-state index in [0.29, 0.717) is 5.92 Å². The molecule has 2 aliphatic rings. The van der Waals surface area contributed by atoms with E-state index in [1.54, 1.807) is 28.4 Å². The zero-order chi connectivity index (χ0) is 26.5. The molecule has 5 nitrogen and oxygen atoms in total. The molecule has 204 valence electrons. The first-order valence-corrected chi connectivity index (χ1v) is 15.3. The van der Waals surface area contributed by atoms with Crippen molar-refractivity contribution in [3.05, 3.63) is 47.5 Å². The van der Waals surface area contributed by atoms with Crippen LogP contribution < -0.4 is 18.9 Å². The lowest BCUT2D eigenvalue weighted by molar-refractivity contribution is 0.145. The molecule has 1 heterocycles. The molecule has 0 amide bonds. The molecular formula is C30H43NO4S2. The molecule has 0 aromatic heterocycles. The highest BCUT2D eigenvalue weighted by Crippen LogP contribution is 2.55. The average Bonchev–Trinajstić information content (AvgIpc) is 2.90. The molecular weight excluding hydrogens is 502 g/mol. The van der Waals surface area contributed by atoms with Crippen LogP contribution in [-0.4, -0.2) is 65.0 Å². The molecule has 0 N–H and O–H groups in total. The molecule has 1 unspecified atom stereocenters. The Hall–Kier alpha value is -1.70. The first kappa shape index (κ1) is 28.3. The van der Waals surface area contributed by atoms with E-state index in [1.807, 2.05) is 0 Å². The number of hydrogen-bond donors (Lipinski definition) is 0. The molecule has 1 saturated heterocycles. The highest BCUT2D eigenvalue weighted by Gasteiger charge is 2.41. The maximum absolute atomic E-state index is 5.66. The zero-order valence-corrected chi connectivity index (χ0v) is 24.9. The maximum atomic E-state index is 5.66. The summed E-state index contributed by atoms with van der Waals surface area (Å²) >= 11 is 4.21. The third-order valence-electron chi connectivity index (χ3n) is 7.90. The van der Waals surface area contributed by atoms with Gasteiger partial charge in [0.25, 0.3) is 0 Å². The molecule has 2 aromatic carbocycles. The van der Waals surface area contributed by atoms with E-state index in [-0.39, 0.29) is 9.49 Å². The van der Waals surface area contributed by atoms with Crippen LogP contribution in [-0.2, 0) is 9.49 Å². The van der Waals surface area contributed by atoms with E-state index >= 15 is 0 Å². The van der Waals surface area contributed by atoms with Crippen LogP contribution in [0.4, 0.5) is 0 Å². The lowest BCUT2D eigenvalue weighted by Crippen LogP contribution is -2.45. The quantitative estimate of drug-likeness (QED) is 0.290. The second kappa shape index (κ2) is 12.4. The average molecular weight is 546 g/mol. The summed E-state index contributed by atoms with van der Waals surface area (Å²) in [4.78, 5) is 2.56. The number of thioether (sulfide) groups is 2. The Morgan fingerprint density at radius 1 is 0.784 bits per heavy atom. The van der Waals surface area contributed by atoms with Gasteiger partial charge in [0.1, 0.15) is 0 Å². The van der Waals surface area contributed by atoms with Gasteiger partial charge in [-0.1, -0.05) is 25.5 Å². The summed E-state index contributed by atoms with van der Waals surface area (Å²) in [5.74, 6) is 6.19. The highest BCUT2D eigenvalue weighted by atomic mass is 32.2. The molecule has 4 rings (SSSR count). The third-order valence-corrected chi connectivity index (χ3v) is 11.3. The van der Waals surface area contributed by atoms with Crippen LogP contribution in [0.1, 0.15) is 50.2 Å². The standard InChI is InChI=1S/C30H43NO4S2/c1-22(19-30(36-15-8-16-37-30)24-10-12-26(33-4)28(18-24)35-6)20-31(2)21-29(13-7-14-29)23-9-11-25(32-3)27(17-23)34-5/h9-12,17-18,22H,7-8,13-16,19-21H2,1-6H3. The van der Waals surface area contributed by atoms with E-state index in [1.165, 1.54) is 48.3 Å². The van der Waals surface area contributed by atoms with Crippen molar-refractivity contribution < 1.29 is 18.9 Å². The van der Waals surface area contributed by atoms with E-state index in [9.17, 15) is 0 Å². The van der Waals surface area contributed by atoms with E-state index < -0.39 is 0 Å². The predicted octanol–water partition coefficient (Wildman–Crippen LogP) is 6.82. The molecule has 1 aliphatic heterocycles. The third kappa shape index (κ3) is 6.15. The molecule has 2 aromatic rings. The molecule has 0 bridgehead atoms. The van der Waals surface area contributed by atoms with Crippen LogP contribution in [0.15, 0.2) is 36.4 Å². The first-order valence-electron chi connectivity index (χ1n) is 13.3. The number of benzene rings is 2. The van der Waals surface area contributed by atoms with Gasteiger partial charge in [0.2, 0.25) is 0 Å². The lowest BCUT2D eigenvalue weighted by atomic mass is 9.64. The van der Waals surface area contributed by atoms with Crippen molar-refractivity contribution in [2.45, 2.75) is 48.5 Å². The Morgan fingerprint density at radius 3 is 1.84 bits per heavy atom. The van der Waals surface area contributed by atoms with Gasteiger partial charge in [-0.15, -0.1) is 23.5 Å². The van der Waals surface area contributed by atoms with Crippen LogP contribution in [0.25, 0.3) is 0 Å². The van der Waals surface area contributed by atoms with Gasteiger partial charge in [-0.2, -0.15) is 0 Å². The summed E-state index contributed by atoms with van der Waals surface area (Å²) in [5, 5.41) is 0. The van der Waals surface area contributed by atoms with Gasteiger partial charge < -0.3 is 23.8 Å². The van der Waals surface area contributed by atoms with Crippen molar-refractivity contribution in [2.75, 3.05) is 60.1 Å². The van der Waals surface area contributed by atoms with Gasteiger partial charge in [-0.05, 0) is 85.5 Å².